The summed E-state index contributed by atoms with van der Waals surface area (Å²) in [6, 6.07) is 4.40. The van der Waals surface area contributed by atoms with Gasteiger partial charge in [-0.25, -0.2) is 0 Å². The van der Waals surface area contributed by atoms with Crippen LogP contribution in [0, 0.1) is 0 Å². The van der Waals surface area contributed by atoms with Crippen LogP contribution in [0.25, 0.3) is 0 Å². The molecule has 0 saturated heterocycles. The zero-order chi connectivity index (χ0) is 18.6. The van der Waals surface area contributed by atoms with Gasteiger partial charge in [-0.05, 0) is 25.0 Å². The van der Waals surface area contributed by atoms with Crippen LogP contribution in [0.15, 0.2) is 18.3 Å². The highest BCUT2D eigenvalue weighted by Crippen LogP contribution is 2.20. The molecule has 0 unspecified atom stereocenters. The molecule has 0 aliphatic heterocycles. The van der Waals surface area contributed by atoms with Gasteiger partial charge in [0, 0.05) is 18.4 Å². The van der Waals surface area contributed by atoms with Crippen LogP contribution in [0.2, 0.25) is 0 Å². The first-order chi connectivity index (χ1) is 11.1. The fourth-order valence-corrected chi connectivity index (χ4v) is 2.23. The van der Waals surface area contributed by atoms with Crippen LogP contribution in [0.4, 0.5) is 13.2 Å². The number of hydrogen-bond donors (Lipinski definition) is 1. The third-order valence-corrected chi connectivity index (χ3v) is 4.17. The van der Waals surface area contributed by atoms with Crippen molar-refractivity contribution in [1.29, 1.82) is 0 Å². The quantitative estimate of drug-likeness (QED) is 0.369. The Labute approximate surface area is 142 Å². The van der Waals surface area contributed by atoms with Crippen LogP contribution < -0.4 is 0 Å². The molecule has 1 rings (SSSR count). The van der Waals surface area contributed by atoms with Crippen LogP contribution in [-0.4, -0.2) is 23.0 Å². The molecule has 0 aromatic carbocycles. The fourth-order valence-electron chi connectivity index (χ4n) is 2.23. The molecule has 0 amide bonds. The van der Waals surface area contributed by atoms with Gasteiger partial charge in [-0.15, -0.1) is 0 Å². The van der Waals surface area contributed by atoms with Gasteiger partial charge in [0.1, 0.15) is 0 Å². The number of nitrogens with zero attached hydrogens (tertiary/aromatic N) is 1. The molecule has 0 bridgehead atoms. The standard InChI is InChI=1S/C15H27N.CHF3O3S/c1-3-5-6-7-8-9-10-13-16-14-11-12-15(16)4-2;2-1(3,4)8(5,6)7/h11-12,14H,3-10,13H2,1-2H3;(H,5,6,7). The Morgan fingerprint density at radius 1 is 1.04 bits per heavy atom. The second-order valence-corrected chi connectivity index (χ2v) is 7.00. The average molecular weight is 371 g/mol. The summed E-state index contributed by atoms with van der Waals surface area (Å²) in [6.07, 6.45) is 13.2. The number of halogens is 3. The SMILES string of the molecule is CCCCCCCCCn1cccc1CC.O=S(=O)(O)C(F)(F)F. The Morgan fingerprint density at radius 3 is 2.00 bits per heavy atom. The van der Waals surface area contributed by atoms with E-state index in [-0.39, 0.29) is 0 Å². The molecule has 0 radical (unpaired) electrons. The molecule has 1 N–H and O–H groups in total. The maximum atomic E-state index is 10.7. The van der Waals surface area contributed by atoms with E-state index in [0.717, 1.165) is 6.42 Å². The second kappa shape index (κ2) is 11.5. The summed E-state index contributed by atoms with van der Waals surface area (Å²) in [5, 5.41) is 0. The van der Waals surface area contributed by atoms with Crippen molar-refractivity contribution >= 4 is 10.1 Å². The van der Waals surface area contributed by atoms with Crippen LogP contribution in [0.1, 0.15) is 64.5 Å². The van der Waals surface area contributed by atoms with E-state index in [1.165, 1.54) is 57.2 Å². The highest BCUT2D eigenvalue weighted by atomic mass is 32.2. The third kappa shape index (κ3) is 9.97. The summed E-state index contributed by atoms with van der Waals surface area (Å²) >= 11 is 0. The Morgan fingerprint density at radius 2 is 1.54 bits per heavy atom. The zero-order valence-corrected chi connectivity index (χ0v) is 15.2. The summed E-state index contributed by atoms with van der Waals surface area (Å²) in [4.78, 5) is 0. The minimum Gasteiger partial charge on any atom is -0.351 e. The predicted molar refractivity (Wildman–Crippen MR) is 89.4 cm³/mol. The van der Waals surface area contributed by atoms with E-state index >= 15 is 0 Å². The minimum atomic E-state index is -5.84. The minimum absolute atomic E-state index is 1.16. The van der Waals surface area contributed by atoms with Gasteiger partial charge in [0.25, 0.3) is 0 Å². The molecule has 0 atom stereocenters. The summed E-state index contributed by atoms with van der Waals surface area (Å²) < 4.78 is 60.0. The first-order valence-electron chi connectivity index (χ1n) is 8.31. The molecule has 0 aliphatic carbocycles. The Kier molecular flexibility index (Phi) is 11.0. The number of hydrogen-bond acceptors (Lipinski definition) is 2. The lowest BCUT2D eigenvalue weighted by atomic mass is 10.1. The molecule has 0 fully saturated rings. The lowest BCUT2D eigenvalue weighted by molar-refractivity contribution is -0.0510. The van der Waals surface area contributed by atoms with Crippen molar-refractivity contribution in [2.45, 2.75) is 77.3 Å². The smallest absolute Gasteiger partial charge is 0.351 e. The second-order valence-electron chi connectivity index (χ2n) is 5.59. The molecule has 1 aromatic rings. The Bertz CT molecular complexity index is 539. The molecule has 142 valence electrons. The average Bonchev–Trinajstić information content (AvgIpc) is 2.92. The monoisotopic (exact) mass is 371 g/mol. The topological polar surface area (TPSA) is 59.3 Å². The van der Waals surface area contributed by atoms with Gasteiger partial charge in [0.05, 0.1) is 0 Å². The molecule has 24 heavy (non-hydrogen) atoms. The van der Waals surface area contributed by atoms with Gasteiger partial charge >= 0.3 is 15.6 Å². The van der Waals surface area contributed by atoms with Crippen molar-refractivity contribution < 1.29 is 26.1 Å². The molecular weight excluding hydrogens is 343 g/mol. The fraction of sp³-hybridized carbons (Fsp3) is 0.750. The van der Waals surface area contributed by atoms with Crippen LogP contribution in [-0.2, 0) is 23.1 Å². The number of aryl methyl sites for hydroxylation is 2. The van der Waals surface area contributed by atoms with Crippen molar-refractivity contribution in [3.05, 3.63) is 24.0 Å². The summed E-state index contributed by atoms with van der Waals surface area (Å²) in [5.41, 5.74) is -4.06. The van der Waals surface area contributed by atoms with Gasteiger partial charge in [-0.2, -0.15) is 21.6 Å². The van der Waals surface area contributed by atoms with Gasteiger partial charge in [0.15, 0.2) is 0 Å². The molecule has 1 heterocycles. The summed E-state index contributed by atoms with van der Waals surface area (Å²) in [5.74, 6) is 0. The van der Waals surface area contributed by atoms with Gasteiger partial charge in [-0.1, -0.05) is 52.4 Å². The third-order valence-electron chi connectivity index (χ3n) is 3.58. The van der Waals surface area contributed by atoms with E-state index in [1.54, 1.807) is 0 Å². The predicted octanol–water partition coefficient (Wildman–Crippen LogP) is 5.20. The number of rotatable bonds is 9. The molecule has 4 nitrogen and oxygen atoms in total. The molecule has 8 heteroatoms. The van der Waals surface area contributed by atoms with Gasteiger partial charge in [0.2, 0.25) is 0 Å². The largest absolute Gasteiger partial charge is 0.522 e. The van der Waals surface area contributed by atoms with E-state index in [0.29, 0.717) is 0 Å². The lowest BCUT2D eigenvalue weighted by Gasteiger charge is -2.07. The van der Waals surface area contributed by atoms with E-state index < -0.39 is 15.6 Å². The van der Waals surface area contributed by atoms with Crippen molar-refractivity contribution in [3.8, 4) is 0 Å². The van der Waals surface area contributed by atoms with Crippen LogP contribution >= 0.6 is 0 Å². The maximum absolute atomic E-state index is 10.7. The normalized spacial score (nSPS) is 11.9. The van der Waals surface area contributed by atoms with Crippen molar-refractivity contribution in [1.82, 2.24) is 4.57 Å². The molecule has 1 aromatic heterocycles. The van der Waals surface area contributed by atoms with Crippen molar-refractivity contribution in [3.63, 3.8) is 0 Å². The van der Waals surface area contributed by atoms with Gasteiger partial charge in [-0.3, -0.25) is 4.55 Å². The van der Waals surface area contributed by atoms with Crippen LogP contribution in [0.5, 0.6) is 0 Å². The first kappa shape index (κ1) is 23.0. The molecular formula is C16H28F3NO3S. The highest BCUT2D eigenvalue weighted by Gasteiger charge is 2.44. The van der Waals surface area contributed by atoms with E-state index in [4.69, 9.17) is 13.0 Å². The molecule has 0 spiro atoms. The van der Waals surface area contributed by atoms with Crippen molar-refractivity contribution in [2.24, 2.45) is 0 Å². The van der Waals surface area contributed by atoms with Crippen molar-refractivity contribution in [2.75, 3.05) is 0 Å². The Hall–Kier alpha value is -1.02. The maximum Gasteiger partial charge on any atom is 0.522 e. The summed E-state index contributed by atoms with van der Waals surface area (Å²) in [6.45, 7) is 5.72. The van der Waals surface area contributed by atoms with E-state index in [9.17, 15) is 13.2 Å². The van der Waals surface area contributed by atoms with E-state index in [1.807, 2.05) is 0 Å². The number of aromatic nitrogens is 1. The van der Waals surface area contributed by atoms with Crippen LogP contribution in [0.3, 0.4) is 0 Å². The first-order valence-corrected chi connectivity index (χ1v) is 9.75. The lowest BCUT2D eigenvalue weighted by Crippen LogP contribution is -2.21. The summed E-state index contributed by atoms with van der Waals surface area (Å²) in [7, 11) is -5.84. The molecule has 0 saturated carbocycles. The van der Waals surface area contributed by atoms with Gasteiger partial charge < -0.3 is 4.57 Å². The number of alkyl halides is 3. The highest BCUT2D eigenvalue weighted by molar-refractivity contribution is 7.86. The molecule has 0 aliphatic rings. The Balaban J connectivity index is 0.000000561. The van der Waals surface area contributed by atoms with E-state index in [2.05, 4.69) is 36.7 Å². The number of unbranched alkanes of at least 4 members (excludes halogenated alkanes) is 6. The zero-order valence-electron chi connectivity index (χ0n) is 14.3.